The van der Waals surface area contributed by atoms with E-state index in [1.54, 1.807) is 0 Å². The molecule has 21 heavy (non-hydrogen) atoms. The Morgan fingerprint density at radius 1 is 1.19 bits per heavy atom. The van der Waals surface area contributed by atoms with Crippen molar-refractivity contribution in [2.45, 2.75) is 18.6 Å². The van der Waals surface area contributed by atoms with Crippen LogP contribution in [0, 0.1) is 0 Å². The highest BCUT2D eigenvalue weighted by Crippen LogP contribution is 2.28. The van der Waals surface area contributed by atoms with Crippen LogP contribution in [0.1, 0.15) is 17.2 Å². The Morgan fingerprint density at radius 3 is 2.62 bits per heavy atom. The molecule has 0 fully saturated rings. The lowest BCUT2D eigenvalue weighted by Gasteiger charge is -2.19. The summed E-state index contributed by atoms with van der Waals surface area (Å²) < 4.78 is 5.66. The fourth-order valence-electron chi connectivity index (χ4n) is 2.51. The lowest BCUT2D eigenvalue weighted by atomic mass is 10.1. The van der Waals surface area contributed by atoms with Gasteiger partial charge in [0.25, 0.3) is 5.91 Å². The number of aliphatic hydroxyl groups excluding tert-OH is 1. The lowest BCUT2D eigenvalue weighted by molar-refractivity contribution is -0.128. The summed E-state index contributed by atoms with van der Waals surface area (Å²) >= 11 is 0. The molecule has 1 heterocycles. The third kappa shape index (κ3) is 2.90. The molecule has 0 saturated heterocycles. The molecule has 0 radical (unpaired) electrons. The van der Waals surface area contributed by atoms with Crippen LogP contribution in [0.5, 0.6) is 5.75 Å². The van der Waals surface area contributed by atoms with Crippen LogP contribution < -0.4 is 10.1 Å². The summed E-state index contributed by atoms with van der Waals surface area (Å²) in [5, 5.41) is 12.3. The van der Waals surface area contributed by atoms with Gasteiger partial charge in [-0.3, -0.25) is 4.79 Å². The van der Waals surface area contributed by atoms with Crippen LogP contribution in [0.2, 0.25) is 0 Å². The monoisotopic (exact) mass is 283 g/mol. The predicted molar refractivity (Wildman–Crippen MR) is 79.0 cm³/mol. The van der Waals surface area contributed by atoms with Gasteiger partial charge in [0.1, 0.15) is 5.75 Å². The van der Waals surface area contributed by atoms with Crippen molar-refractivity contribution >= 4 is 5.91 Å². The van der Waals surface area contributed by atoms with E-state index in [0.717, 1.165) is 16.9 Å². The number of ether oxygens (including phenoxy) is 1. The first-order valence-electron chi connectivity index (χ1n) is 6.98. The minimum Gasteiger partial charge on any atom is -0.480 e. The molecular weight excluding hydrogens is 266 g/mol. The summed E-state index contributed by atoms with van der Waals surface area (Å²) in [6, 6.07) is 16.7. The normalized spacial score (nSPS) is 17.7. The van der Waals surface area contributed by atoms with E-state index in [9.17, 15) is 9.90 Å². The number of hydrogen-bond acceptors (Lipinski definition) is 3. The van der Waals surface area contributed by atoms with Crippen molar-refractivity contribution in [2.75, 3.05) is 6.61 Å². The van der Waals surface area contributed by atoms with Crippen LogP contribution >= 0.6 is 0 Å². The van der Waals surface area contributed by atoms with Crippen LogP contribution in [0.4, 0.5) is 0 Å². The van der Waals surface area contributed by atoms with Gasteiger partial charge in [-0.05, 0) is 17.2 Å². The summed E-state index contributed by atoms with van der Waals surface area (Å²) in [5.74, 6) is 0.562. The van der Waals surface area contributed by atoms with Gasteiger partial charge >= 0.3 is 0 Å². The molecule has 0 aromatic heterocycles. The second kappa shape index (κ2) is 5.97. The van der Waals surface area contributed by atoms with Crippen molar-refractivity contribution in [3.05, 3.63) is 65.7 Å². The fraction of sp³-hybridized carbons (Fsp3) is 0.235. The number of amides is 1. The van der Waals surface area contributed by atoms with Gasteiger partial charge in [0.2, 0.25) is 0 Å². The molecule has 1 unspecified atom stereocenters. The van der Waals surface area contributed by atoms with Gasteiger partial charge in [-0.15, -0.1) is 0 Å². The Morgan fingerprint density at radius 2 is 1.90 bits per heavy atom. The van der Waals surface area contributed by atoms with Crippen molar-refractivity contribution in [1.82, 2.24) is 5.32 Å². The van der Waals surface area contributed by atoms with E-state index in [-0.39, 0.29) is 12.5 Å². The zero-order chi connectivity index (χ0) is 14.7. The summed E-state index contributed by atoms with van der Waals surface area (Å²) in [6.07, 6.45) is 0.0368. The van der Waals surface area contributed by atoms with Gasteiger partial charge in [-0.2, -0.15) is 0 Å². The van der Waals surface area contributed by atoms with Gasteiger partial charge in [-0.25, -0.2) is 0 Å². The Kier molecular flexibility index (Phi) is 3.88. The number of aliphatic hydroxyl groups is 1. The fourth-order valence-corrected chi connectivity index (χ4v) is 2.51. The van der Waals surface area contributed by atoms with Crippen LogP contribution in [0.15, 0.2) is 54.6 Å². The Balaban J connectivity index is 1.67. The topological polar surface area (TPSA) is 58.6 Å². The summed E-state index contributed by atoms with van der Waals surface area (Å²) in [6.45, 7) is -0.143. The lowest BCUT2D eigenvalue weighted by Crippen LogP contribution is -2.40. The number of para-hydroxylation sites is 1. The molecule has 1 amide bonds. The minimum absolute atomic E-state index is 0.143. The highest BCUT2D eigenvalue weighted by Gasteiger charge is 2.30. The Hall–Kier alpha value is -2.33. The molecule has 1 aliphatic heterocycles. The summed E-state index contributed by atoms with van der Waals surface area (Å²) in [7, 11) is 0. The largest absolute Gasteiger partial charge is 0.480 e. The number of benzene rings is 2. The molecule has 0 bridgehead atoms. The van der Waals surface area contributed by atoms with Gasteiger partial charge in [0.05, 0.1) is 12.6 Å². The molecular formula is C17H17NO3. The maximum absolute atomic E-state index is 12.3. The van der Waals surface area contributed by atoms with E-state index < -0.39 is 12.1 Å². The van der Waals surface area contributed by atoms with E-state index in [1.165, 1.54) is 0 Å². The van der Waals surface area contributed by atoms with Crippen molar-refractivity contribution in [3.63, 3.8) is 0 Å². The van der Waals surface area contributed by atoms with Gasteiger partial charge in [-0.1, -0.05) is 48.5 Å². The quantitative estimate of drug-likeness (QED) is 0.900. The molecule has 2 N–H and O–H groups in total. The molecule has 0 aliphatic carbocycles. The van der Waals surface area contributed by atoms with Gasteiger partial charge in [0, 0.05) is 6.42 Å². The number of hydrogen-bond donors (Lipinski definition) is 2. The number of carbonyl (C=O) groups excluding carboxylic acids is 1. The average molecular weight is 283 g/mol. The highest BCUT2D eigenvalue weighted by atomic mass is 16.5. The minimum atomic E-state index is -0.528. The predicted octanol–water partition coefficient (Wildman–Crippen LogP) is 1.84. The molecule has 0 saturated carbocycles. The zero-order valence-electron chi connectivity index (χ0n) is 11.5. The first kappa shape index (κ1) is 13.6. The molecule has 4 nitrogen and oxygen atoms in total. The van der Waals surface area contributed by atoms with Crippen molar-refractivity contribution < 1.29 is 14.6 Å². The van der Waals surface area contributed by atoms with Crippen LogP contribution in [-0.2, 0) is 11.2 Å². The SMILES string of the molecule is O=C(N[C@H](CO)c1ccccc1)C1Cc2ccccc2O1. The maximum Gasteiger partial charge on any atom is 0.261 e. The van der Waals surface area contributed by atoms with E-state index in [0.29, 0.717) is 6.42 Å². The van der Waals surface area contributed by atoms with Crippen LogP contribution in [0.25, 0.3) is 0 Å². The molecule has 2 aromatic carbocycles. The third-order valence-electron chi connectivity index (χ3n) is 3.64. The summed E-state index contributed by atoms with van der Waals surface area (Å²) in [4.78, 5) is 12.3. The molecule has 2 aromatic rings. The third-order valence-corrected chi connectivity index (χ3v) is 3.64. The standard InChI is InChI=1S/C17H17NO3/c19-11-14(12-6-2-1-3-7-12)18-17(20)16-10-13-8-4-5-9-15(13)21-16/h1-9,14,16,19H,10-11H2,(H,18,20)/t14-,16?/m1/s1. The second-order valence-corrected chi connectivity index (χ2v) is 5.07. The molecule has 1 aliphatic rings. The highest BCUT2D eigenvalue weighted by molar-refractivity contribution is 5.83. The number of fused-ring (bicyclic) bond motifs is 1. The van der Waals surface area contributed by atoms with E-state index in [2.05, 4.69) is 5.32 Å². The second-order valence-electron chi connectivity index (χ2n) is 5.07. The molecule has 4 heteroatoms. The zero-order valence-corrected chi connectivity index (χ0v) is 11.5. The van der Waals surface area contributed by atoms with Crippen molar-refractivity contribution in [2.24, 2.45) is 0 Å². The molecule has 0 spiro atoms. The average Bonchev–Trinajstić information content (AvgIpc) is 2.97. The van der Waals surface area contributed by atoms with Crippen LogP contribution in [-0.4, -0.2) is 23.7 Å². The van der Waals surface area contributed by atoms with E-state index in [4.69, 9.17) is 4.74 Å². The van der Waals surface area contributed by atoms with E-state index in [1.807, 2.05) is 54.6 Å². The molecule has 3 rings (SSSR count). The number of nitrogens with one attached hydrogen (secondary N) is 1. The first-order chi connectivity index (χ1) is 10.3. The smallest absolute Gasteiger partial charge is 0.261 e. The van der Waals surface area contributed by atoms with Crippen molar-refractivity contribution in [1.29, 1.82) is 0 Å². The number of rotatable bonds is 4. The van der Waals surface area contributed by atoms with Crippen molar-refractivity contribution in [3.8, 4) is 5.75 Å². The molecule has 108 valence electrons. The Labute approximate surface area is 123 Å². The first-order valence-corrected chi connectivity index (χ1v) is 6.98. The van der Waals surface area contributed by atoms with Gasteiger partial charge < -0.3 is 15.2 Å². The van der Waals surface area contributed by atoms with Gasteiger partial charge in [0.15, 0.2) is 6.10 Å². The molecule has 2 atom stereocenters. The summed E-state index contributed by atoms with van der Waals surface area (Å²) in [5.41, 5.74) is 1.92. The van der Waals surface area contributed by atoms with E-state index >= 15 is 0 Å². The Bertz CT molecular complexity index is 602. The number of carbonyl (C=O) groups is 1. The van der Waals surface area contributed by atoms with Crippen LogP contribution in [0.3, 0.4) is 0 Å². The maximum atomic E-state index is 12.3.